The minimum Gasteiger partial charge on any atom is -0.374 e. The van der Waals surface area contributed by atoms with Crippen LogP contribution < -0.4 is 5.32 Å². The Labute approximate surface area is 117 Å². The summed E-state index contributed by atoms with van der Waals surface area (Å²) in [5.74, 6) is 0.485. The summed E-state index contributed by atoms with van der Waals surface area (Å²) >= 11 is 7.93. The third-order valence-electron chi connectivity index (χ3n) is 2.93. The van der Waals surface area contributed by atoms with Crippen molar-refractivity contribution in [1.29, 1.82) is 0 Å². The summed E-state index contributed by atoms with van der Waals surface area (Å²) in [4.78, 5) is 5.46. The monoisotopic (exact) mass is 280 g/mol. The lowest BCUT2D eigenvalue weighted by Crippen LogP contribution is -2.16. The molecule has 0 spiro atoms. The Morgan fingerprint density at radius 3 is 2.67 bits per heavy atom. The molecule has 0 aliphatic heterocycles. The number of thiophene rings is 1. The fraction of sp³-hybridized carbons (Fsp3) is 0.357. The van der Waals surface area contributed by atoms with E-state index in [1.165, 1.54) is 4.88 Å². The van der Waals surface area contributed by atoms with Crippen LogP contribution in [0.15, 0.2) is 29.8 Å². The van der Waals surface area contributed by atoms with E-state index in [-0.39, 0.29) is 6.04 Å². The summed E-state index contributed by atoms with van der Waals surface area (Å²) < 4.78 is 0. The lowest BCUT2D eigenvalue weighted by molar-refractivity contribution is 0.553. The normalized spacial score (nSPS) is 12.7. The number of hydrogen-bond acceptors (Lipinski definition) is 3. The lowest BCUT2D eigenvalue weighted by Gasteiger charge is -2.23. The van der Waals surface area contributed by atoms with Crippen LogP contribution in [0.3, 0.4) is 0 Å². The highest BCUT2D eigenvalue weighted by atomic mass is 35.5. The number of hydrogen-bond donors (Lipinski definition) is 1. The topological polar surface area (TPSA) is 24.9 Å². The van der Waals surface area contributed by atoms with Gasteiger partial charge in [0.05, 0.1) is 11.7 Å². The summed E-state index contributed by atoms with van der Waals surface area (Å²) in [6.07, 6.45) is 1.73. The maximum Gasteiger partial charge on any atom is 0.152 e. The van der Waals surface area contributed by atoms with Crippen molar-refractivity contribution in [3.05, 3.63) is 45.4 Å². The van der Waals surface area contributed by atoms with E-state index in [0.717, 1.165) is 11.3 Å². The zero-order valence-corrected chi connectivity index (χ0v) is 12.3. The SMILES string of the molecule is Cc1ccnc(Cl)c1NC(c1cccs1)C(C)C. The van der Waals surface area contributed by atoms with Gasteiger partial charge in [-0.3, -0.25) is 0 Å². The van der Waals surface area contributed by atoms with E-state index in [4.69, 9.17) is 11.6 Å². The van der Waals surface area contributed by atoms with Crippen LogP contribution >= 0.6 is 22.9 Å². The van der Waals surface area contributed by atoms with E-state index >= 15 is 0 Å². The van der Waals surface area contributed by atoms with E-state index in [1.807, 2.05) is 13.0 Å². The van der Waals surface area contributed by atoms with Gasteiger partial charge in [-0.2, -0.15) is 0 Å². The number of anilines is 1. The summed E-state index contributed by atoms with van der Waals surface area (Å²) in [7, 11) is 0. The fourth-order valence-corrected chi connectivity index (χ4v) is 3.10. The molecule has 0 aliphatic carbocycles. The highest BCUT2D eigenvalue weighted by Gasteiger charge is 2.18. The Bertz CT molecular complexity index is 488. The second-order valence-electron chi connectivity index (χ2n) is 4.68. The molecule has 2 rings (SSSR count). The van der Waals surface area contributed by atoms with Crippen LogP contribution in [0.4, 0.5) is 5.69 Å². The molecule has 0 radical (unpaired) electrons. The quantitative estimate of drug-likeness (QED) is 0.805. The summed E-state index contributed by atoms with van der Waals surface area (Å²) in [6.45, 7) is 6.45. The second kappa shape index (κ2) is 5.72. The number of halogens is 1. The molecule has 2 heterocycles. The standard InChI is InChI=1S/C14H17ClN2S/c1-9(2)12(11-5-4-8-18-11)17-13-10(3)6-7-16-14(13)15/h4-9,12,17H,1-3H3. The van der Waals surface area contributed by atoms with E-state index in [9.17, 15) is 0 Å². The predicted octanol–water partition coefficient (Wildman–Crippen LogP) is 4.91. The van der Waals surface area contributed by atoms with Gasteiger partial charge in [0.2, 0.25) is 0 Å². The molecule has 4 heteroatoms. The summed E-state index contributed by atoms with van der Waals surface area (Å²) in [6, 6.07) is 6.47. The largest absolute Gasteiger partial charge is 0.374 e. The van der Waals surface area contributed by atoms with Crippen LogP contribution in [0.2, 0.25) is 5.15 Å². The van der Waals surface area contributed by atoms with Gasteiger partial charge >= 0.3 is 0 Å². The molecule has 0 aliphatic rings. The zero-order valence-electron chi connectivity index (χ0n) is 10.8. The van der Waals surface area contributed by atoms with E-state index in [0.29, 0.717) is 11.1 Å². The molecular weight excluding hydrogens is 264 g/mol. The van der Waals surface area contributed by atoms with Gasteiger partial charge in [-0.25, -0.2) is 4.98 Å². The number of pyridine rings is 1. The molecule has 1 unspecified atom stereocenters. The van der Waals surface area contributed by atoms with E-state index in [1.54, 1.807) is 17.5 Å². The van der Waals surface area contributed by atoms with E-state index < -0.39 is 0 Å². The Hall–Kier alpha value is -1.06. The highest BCUT2D eigenvalue weighted by molar-refractivity contribution is 7.10. The van der Waals surface area contributed by atoms with Gasteiger partial charge in [0.15, 0.2) is 5.15 Å². The maximum atomic E-state index is 6.17. The minimum atomic E-state index is 0.269. The molecule has 0 bridgehead atoms. The third-order valence-corrected chi connectivity index (χ3v) is 4.17. The van der Waals surface area contributed by atoms with Crippen LogP contribution in [0, 0.1) is 12.8 Å². The molecular formula is C14H17ClN2S. The predicted molar refractivity (Wildman–Crippen MR) is 79.5 cm³/mol. The Balaban J connectivity index is 2.30. The van der Waals surface area contributed by atoms with Crippen molar-refractivity contribution in [3.8, 4) is 0 Å². The Morgan fingerprint density at radius 1 is 1.33 bits per heavy atom. The minimum absolute atomic E-state index is 0.269. The second-order valence-corrected chi connectivity index (χ2v) is 6.01. The van der Waals surface area contributed by atoms with Crippen molar-refractivity contribution in [1.82, 2.24) is 4.98 Å². The van der Waals surface area contributed by atoms with Crippen LogP contribution in [0.5, 0.6) is 0 Å². The first-order valence-electron chi connectivity index (χ1n) is 6.00. The molecule has 2 nitrogen and oxygen atoms in total. The van der Waals surface area contributed by atoms with Crippen LogP contribution in [0.25, 0.3) is 0 Å². The molecule has 2 aromatic heterocycles. The van der Waals surface area contributed by atoms with Crippen molar-refractivity contribution in [3.63, 3.8) is 0 Å². The van der Waals surface area contributed by atoms with Crippen molar-refractivity contribution in [2.24, 2.45) is 5.92 Å². The molecule has 1 N–H and O–H groups in total. The molecule has 0 fully saturated rings. The van der Waals surface area contributed by atoms with Gasteiger partial charge in [0.25, 0.3) is 0 Å². The smallest absolute Gasteiger partial charge is 0.152 e. The van der Waals surface area contributed by atoms with Crippen molar-refractivity contribution in [2.45, 2.75) is 26.8 Å². The van der Waals surface area contributed by atoms with Gasteiger partial charge in [-0.1, -0.05) is 31.5 Å². The average Bonchev–Trinajstić information content (AvgIpc) is 2.81. The molecule has 2 aromatic rings. The van der Waals surface area contributed by atoms with Crippen molar-refractivity contribution in [2.75, 3.05) is 5.32 Å². The molecule has 0 amide bonds. The Morgan fingerprint density at radius 2 is 2.11 bits per heavy atom. The van der Waals surface area contributed by atoms with Gasteiger partial charge < -0.3 is 5.32 Å². The first-order chi connectivity index (χ1) is 8.59. The van der Waals surface area contributed by atoms with Crippen LogP contribution in [0.1, 0.15) is 30.3 Å². The first kappa shape index (κ1) is 13.4. The number of rotatable bonds is 4. The molecule has 96 valence electrons. The fourth-order valence-electron chi connectivity index (χ4n) is 1.89. The summed E-state index contributed by atoms with van der Waals surface area (Å²) in [5.41, 5.74) is 2.06. The zero-order chi connectivity index (χ0) is 13.1. The number of aromatic nitrogens is 1. The number of aryl methyl sites for hydroxylation is 1. The molecule has 0 aromatic carbocycles. The molecule has 0 saturated heterocycles. The van der Waals surface area contributed by atoms with Gasteiger partial charge in [-0.05, 0) is 35.9 Å². The van der Waals surface area contributed by atoms with E-state index in [2.05, 4.69) is 41.7 Å². The Kier molecular flexibility index (Phi) is 4.25. The van der Waals surface area contributed by atoms with Crippen LogP contribution in [-0.2, 0) is 0 Å². The first-order valence-corrected chi connectivity index (χ1v) is 7.26. The molecule has 1 atom stereocenters. The molecule has 18 heavy (non-hydrogen) atoms. The summed E-state index contributed by atoms with van der Waals surface area (Å²) in [5, 5.41) is 6.17. The van der Waals surface area contributed by atoms with Crippen molar-refractivity contribution >= 4 is 28.6 Å². The van der Waals surface area contributed by atoms with Gasteiger partial charge in [0.1, 0.15) is 0 Å². The number of nitrogens with one attached hydrogen (secondary N) is 1. The van der Waals surface area contributed by atoms with Crippen molar-refractivity contribution < 1.29 is 0 Å². The average molecular weight is 281 g/mol. The lowest BCUT2D eigenvalue weighted by atomic mass is 10.0. The third kappa shape index (κ3) is 2.85. The molecule has 0 saturated carbocycles. The highest BCUT2D eigenvalue weighted by Crippen LogP contribution is 2.33. The maximum absolute atomic E-state index is 6.17. The van der Waals surface area contributed by atoms with Crippen LogP contribution in [-0.4, -0.2) is 4.98 Å². The van der Waals surface area contributed by atoms with Gasteiger partial charge in [0, 0.05) is 11.1 Å². The number of nitrogens with zero attached hydrogens (tertiary/aromatic N) is 1. The van der Waals surface area contributed by atoms with Gasteiger partial charge in [-0.15, -0.1) is 11.3 Å².